The highest BCUT2D eigenvalue weighted by Crippen LogP contribution is 2.24. The van der Waals surface area contributed by atoms with Crippen LogP contribution in [0.1, 0.15) is 16.1 Å². The summed E-state index contributed by atoms with van der Waals surface area (Å²) in [4.78, 5) is 33.7. The number of aldehydes is 1. The number of pyridine rings is 2. The molecule has 0 unspecified atom stereocenters. The van der Waals surface area contributed by atoms with Gasteiger partial charge in [-0.15, -0.1) is 0 Å². The van der Waals surface area contributed by atoms with Gasteiger partial charge in [-0.05, 0) is 29.8 Å². The number of carbonyl (C=O) groups excluding carboxylic acids is 2. The lowest BCUT2D eigenvalue weighted by Crippen LogP contribution is -2.46. The van der Waals surface area contributed by atoms with Crippen molar-refractivity contribution >= 4 is 23.1 Å². The van der Waals surface area contributed by atoms with Crippen LogP contribution in [0.25, 0.3) is 10.9 Å². The van der Waals surface area contributed by atoms with Crippen molar-refractivity contribution in [3.8, 4) is 11.6 Å². The van der Waals surface area contributed by atoms with Crippen molar-refractivity contribution in [3.63, 3.8) is 0 Å². The maximum absolute atomic E-state index is 12.6. The van der Waals surface area contributed by atoms with E-state index in [2.05, 4.69) is 15.3 Å². The molecule has 0 radical (unpaired) electrons. The summed E-state index contributed by atoms with van der Waals surface area (Å²) in [5, 5.41) is 4.12. The molecule has 0 aliphatic carbocycles. The number of nitrogens with one attached hydrogen (secondary N) is 1. The Morgan fingerprint density at radius 2 is 2.00 bits per heavy atom. The average Bonchev–Trinajstić information content (AvgIpc) is 2.75. The number of fused-ring (bicyclic) bond motifs is 1. The fraction of sp³-hybridized carbons (Fsp3) is 0.238. The van der Waals surface area contributed by atoms with E-state index < -0.39 is 0 Å². The van der Waals surface area contributed by atoms with Crippen LogP contribution in [-0.4, -0.2) is 53.2 Å². The monoisotopic (exact) mass is 376 g/mol. The van der Waals surface area contributed by atoms with Crippen molar-refractivity contribution in [2.24, 2.45) is 0 Å². The highest BCUT2D eigenvalue weighted by molar-refractivity contribution is 5.95. The lowest BCUT2D eigenvalue weighted by Gasteiger charge is -2.27. The molecule has 1 aromatic carbocycles. The summed E-state index contributed by atoms with van der Waals surface area (Å²) in [5.41, 5.74) is 2.03. The second-order valence-electron chi connectivity index (χ2n) is 6.57. The summed E-state index contributed by atoms with van der Waals surface area (Å²) in [6.45, 7) is 3.02. The van der Waals surface area contributed by atoms with E-state index in [9.17, 15) is 9.59 Å². The molecule has 2 aromatic heterocycles. The van der Waals surface area contributed by atoms with Crippen LogP contribution in [0.4, 0.5) is 0 Å². The van der Waals surface area contributed by atoms with Crippen molar-refractivity contribution in [1.82, 2.24) is 20.2 Å². The number of hydrogen-bond acceptors (Lipinski definition) is 6. The maximum Gasteiger partial charge on any atom is 0.272 e. The molecule has 1 amide bonds. The Balaban J connectivity index is 1.51. The number of aromatic nitrogens is 2. The second-order valence-corrected chi connectivity index (χ2v) is 6.57. The largest absolute Gasteiger partial charge is 0.439 e. The number of nitrogens with zero attached hydrogens (tertiary/aromatic N) is 3. The SMILES string of the molecule is O=CCc1ccc(Oc2ccc3nc(C(=O)N4CCNCC4)ccc3c2)nc1. The normalized spacial score (nSPS) is 14.1. The number of rotatable bonds is 5. The number of carbonyl (C=O) groups is 2. The van der Waals surface area contributed by atoms with Gasteiger partial charge < -0.3 is 19.7 Å². The van der Waals surface area contributed by atoms with E-state index in [-0.39, 0.29) is 5.91 Å². The van der Waals surface area contributed by atoms with E-state index >= 15 is 0 Å². The summed E-state index contributed by atoms with van der Waals surface area (Å²) in [5.74, 6) is 1.04. The predicted octanol–water partition coefficient (Wildman–Crippen LogP) is 2.21. The molecule has 1 fully saturated rings. The van der Waals surface area contributed by atoms with Gasteiger partial charge in [0.25, 0.3) is 5.91 Å². The molecular weight excluding hydrogens is 356 g/mol. The lowest BCUT2D eigenvalue weighted by molar-refractivity contribution is -0.107. The minimum Gasteiger partial charge on any atom is -0.439 e. The Labute approximate surface area is 162 Å². The molecule has 1 saturated heterocycles. The molecule has 28 heavy (non-hydrogen) atoms. The van der Waals surface area contributed by atoms with Crippen LogP contribution >= 0.6 is 0 Å². The second kappa shape index (κ2) is 8.14. The van der Waals surface area contributed by atoms with Gasteiger partial charge in [0.2, 0.25) is 5.88 Å². The Bertz CT molecular complexity index is 998. The summed E-state index contributed by atoms with van der Waals surface area (Å²) in [7, 11) is 0. The van der Waals surface area contributed by atoms with E-state index in [1.807, 2.05) is 29.2 Å². The molecular formula is C21H20N4O3. The van der Waals surface area contributed by atoms with E-state index in [1.165, 1.54) is 0 Å². The average molecular weight is 376 g/mol. The third-order valence-electron chi connectivity index (χ3n) is 4.62. The standard InChI is InChI=1S/C21H20N4O3/c26-12-7-15-1-6-20(23-14-15)28-17-3-5-18-16(13-17)2-4-19(24-18)21(27)25-10-8-22-9-11-25/h1-6,12-14,22H,7-11H2. The minimum absolute atomic E-state index is 0.0386. The zero-order valence-corrected chi connectivity index (χ0v) is 15.3. The van der Waals surface area contributed by atoms with Gasteiger partial charge in [0.05, 0.1) is 5.52 Å². The van der Waals surface area contributed by atoms with Crippen LogP contribution in [-0.2, 0) is 11.2 Å². The van der Waals surface area contributed by atoms with E-state index in [1.54, 1.807) is 24.4 Å². The van der Waals surface area contributed by atoms with Gasteiger partial charge in [-0.25, -0.2) is 9.97 Å². The van der Waals surface area contributed by atoms with Crippen molar-refractivity contribution in [3.05, 3.63) is 59.9 Å². The Morgan fingerprint density at radius 1 is 1.14 bits per heavy atom. The third-order valence-corrected chi connectivity index (χ3v) is 4.62. The van der Waals surface area contributed by atoms with Crippen LogP contribution in [0.3, 0.4) is 0 Å². The smallest absolute Gasteiger partial charge is 0.272 e. The Kier molecular flexibility index (Phi) is 5.25. The van der Waals surface area contributed by atoms with Crippen molar-refractivity contribution < 1.29 is 14.3 Å². The summed E-state index contributed by atoms with van der Waals surface area (Å²) in [6.07, 6.45) is 2.80. The zero-order chi connectivity index (χ0) is 19.3. The first-order chi connectivity index (χ1) is 13.7. The van der Waals surface area contributed by atoms with Crippen LogP contribution in [0.15, 0.2) is 48.7 Å². The molecule has 0 saturated carbocycles. The molecule has 0 spiro atoms. The molecule has 1 aliphatic heterocycles. The molecule has 7 heteroatoms. The number of benzene rings is 1. The van der Waals surface area contributed by atoms with E-state index in [4.69, 9.17) is 4.74 Å². The molecule has 7 nitrogen and oxygen atoms in total. The molecule has 1 aliphatic rings. The summed E-state index contributed by atoms with van der Waals surface area (Å²) in [6, 6.07) is 12.7. The maximum atomic E-state index is 12.6. The van der Waals surface area contributed by atoms with E-state index in [0.717, 1.165) is 35.8 Å². The lowest BCUT2D eigenvalue weighted by atomic mass is 10.2. The van der Waals surface area contributed by atoms with Gasteiger partial charge in [0, 0.05) is 50.2 Å². The number of hydrogen-bond donors (Lipinski definition) is 1. The van der Waals surface area contributed by atoms with Gasteiger partial charge >= 0.3 is 0 Å². The number of amides is 1. The Morgan fingerprint density at radius 3 is 2.75 bits per heavy atom. The fourth-order valence-corrected chi connectivity index (χ4v) is 3.13. The molecule has 3 heterocycles. The first kappa shape index (κ1) is 18.1. The molecule has 0 bridgehead atoms. The molecule has 1 N–H and O–H groups in total. The van der Waals surface area contributed by atoms with Crippen LogP contribution < -0.4 is 10.1 Å². The fourth-order valence-electron chi connectivity index (χ4n) is 3.13. The molecule has 3 aromatic rings. The minimum atomic E-state index is -0.0386. The van der Waals surface area contributed by atoms with Gasteiger partial charge in [0.15, 0.2) is 0 Å². The highest BCUT2D eigenvalue weighted by Gasteiger charge is 2.19. The molecule has 4 rings (SSSR count). The van der Waals surface area contributed by atoms with Gasteiger partial charge in [0.1, 0.15) is 17.7 Å². The summed E-state index contributed by atoms with van der Waals surface area (Å²) < 4.78 is 5.78. The third kappa shape index (κ3) is 3.99. The number of ether oxygens (including phenoxy) is 1. The topological polar surface area (TPSA) is 84.4 Å². The van der Waals surface area contributed by atoms with Gasteiger partial charge in [-0.2, -0.15) is 0 Å². The van der Waals surface area contributed by atoms with Gasteiger partial charge in [-0.1, -0.05) is 12.1 Å². The molecule has 142 valence electrons. The van der Waals surface area contributed by atoms with Crippen LogP contribution in [0.2, 0.25) is 0 Å². The molecule has 0 atom stereocenters. The first-order valence-corrected chi connectivity index (χ1v) is 9.20. The number of piperazine rings is 1. The van der Waals surface area contributed by atoms with Crippen molar-refractivity contribution in [2.75, 3.05) is 26.2 Å². The van der Waals surface area contributed by atoms with Crippen LogP contribution in [0, 0.1) is 0 Å². The zero-order valence-electron chi connectivity index (χ0n) is 15.3. The van der Waals surface area contributed by atoms with Gasteiger partial charge in [-0.3, -0.25) is 4.79 Å². The Hall–Kier alpha value is -3.32. The summed E-state index contributed by atoms with van der Waals surface area (Å²) >= 11 is 0. The van der Waals surface area contributed by atoms with Crippen molar-refractivity contribution in [1.29, 1.82) is 0 Å². The quantitative estimate of drug-likeness (QED) is 0.688. The van der Waals surface area contributed by atoms with Crippen molar-refractivity contribution in [2.45, 2.75) is 6.42 Å². The first-order valence-electron chi connectivity index (χ1n) is 9.20. The van der Waals surface area contributed by atoms with Crippen LogP contribution in [0.5, 0.6) is 11.6 Å². The van der Waals surface area contributed by atoms with E-state index in [0.29, 0.717) is 36.8 Å². The highest BCUT2D eigenvalue weighted by atomic mass is 16.5. The predicted molar refractivity (Wildman–Crippen MR) is 105 cm³/mol.